The Kier molecular flexibility index (Phi) is 5.18. The van der Waals surface area contributed by atoms with E-state index in [9.17, 15) is 13.2 Å². The van der Waals surface area contributed by atoms with E-state index in [4.69, 9.17) is 15.3 Å². The topological polar surface area (TPSA) is 69.4 Å². The molecule has 0 saturated carbocycles. The van der Waals surface area contributed by atoms with Crippen molar-refractivity contribution in [3.05, 3.63) is 17.7 Å². The van der Waals surface area contributed by atoms with Crippen molar-refractivity contribution in [1.29, 1.82) is 0 Å². The Balaban J connectivity index is 2.70. The van der Waals surface area contributed by atoms with Gasteiger partial charge in [0.2, 0.25) is 5.88 Å². The highest BCUT2D eigenvalue weighted by molar-refractivity contribution is 5.41. The molecule has 1 rings (SSSR count). The van der Waals surface area contributed by atoms with Gasteiger partial charge in [0.25, 0.3) is 0 Å². The maximum Gasteiger partial charge on any atom is 0.416 e. The lowest BCUT2D eigenvalue weighted by Crippen LogP contribution is -2.22. The first-order valence-corrected chi connectivity index (χ1v) is 5.94. The molecule has 0 unspecified atom stereocenters. The van der Waals surface area contributed by atoms with Gasteiger partial charge >= 0.3 is 6.18 Å². The lowest BCUT2D eigenvalue weighted by Gasteiger charge is -2.19. The molecule has 0 atom stereocenters. The van der Waals surface area contributed by atoms with Crippen molar-refractivity contribution in [2.24, 2.45) is 5.84 Å². The molecule has 0 aliphatic heterocycles. The maximum atomic E-state index is 12.7. The summed E-state index contributed by atoms with van der Waals surface area (Å²) in [4.78, 5) is 3.79. The zero-order chi connectivity index (χ0) is 15.4. The molecular formula is C12H18F3N3O2. The highest BCUT2D eigenvalue weighted by Gasteiger charge is 2.32. The van der Waals surface area contributed by atoms with Crippen LogP contribution >= 0.6 is 0 Å². The molecule has 0 saturated heterocycles. The van der Waals surface area contributed by atoms with Crippen molar-refractivity contribution in [2.75, 3.05) is 18.6 Å². The first-order chi connectivity index (χ1) is 9.12. The second-order valence-electron chi connectivity index (χ2n) is 5.03. The fourth-order valence-corrected chi connectivity index (χ4v) is 1.31. The van der Waals surface area contributed by atoms with Crippen molar-refractivity contribution < 1.29 is 22.6 Å². The molecular weight excluding hydrogens is 275 g/mol. The summed E-state index contributed by atoms with van der Waals surface area (Å²) < 4.78 is 48.5. The van der Waals surface area contributed by atoms with Gasteiger partial charge in [0.1, 0.15) is 12.4 Å². The van der Waals surface area contributed by atoms with Crippen LogP contribution < -0.4 is 16.0 Å². The molecule has 0 aromatic carbocycles. The lowest BCUT2D eigenvalue weighted by atomic mass is 10.2. The fraction of sp³-hybridized carbons (Fsp3) is 0.583. The number of nitrogens with two attached hydrogens (primary N) is 1. The average molecular weight is 293 g/mol. The number of rotatable bonds is 5. The van der Waals surface area contributed by atoms with Gasteiger partial charge in [-0.05, 0) is 26.8 Å². The average Bonchev–Trinajstić information content (AvgIpc) is 2.32. The molecule has 1 heterocycles. The van der Waals surface area contributed by atoms with Crippen LogP contribution in [0.3, 0.4) is 0 Å². The van der Waals surface area contributed by atoms with Crippen molar-refractivity contribution in [3.8, 4) is 5.88 Å². The van der Waals surface area contributed by atoms with Gasteiger partial charge in [-0.1, -0.05) is 0 Å². The Bertz CT molecular complexity index is 445. The number of ether oxygens (including phenoxy) is 2. The van der Waals surface area contributed by atoms with E-state index in [1.807, 2.05) is 20.8 Å². The highest BCUT2D eigenvalue weighted by Crippen LogP contribution is 2.32. The van der Waals surface area contributed by atoms with Crippen LogP contribution in [0, 0.1) is 0 Å². The summed E-state index contributed by atoms with van der Waals surface area (Å²) >= 11 is 0. The zero-order valence-electron chi connectivity index (χ0n) is 11.5. The van der Waals surface area contributed by atoms with Gasteiger partial charge in [0.05, 0.1) is 17.8 Å². The van der Waals surface area contributed by atoms with E-state index < -0.39 is 11.7 Å². The Hall–Kier alpha value is -1.54. The first-order valence-electron chi connectivity index (χ1n) is 5.94. The monoisotopic (exact) mass is 293 g/mol. The van der Waals surface area contributed by atoms with Crippen LogP contribution in [0.5, 0.6) is 5.88 Å². The third-order valence-electron chi connectivity index (χ3n) is 2.15. The molecule has 3 N–H and O–H groups in total. The van der Waals surface area contributed by atoms with Gasteiger partial charge in [-0.3, -0.25) is 0 Å². The van der Waals surface area contributed by atoms with Gasteiger partial charge in [-0.15, -0.1) is 0 Å². The molecule has 114 valence electrons. The first kappa shape index (κ1) is 16.5. The molecule has 0 radical (unpaired) electrons. The molecule has 1 aromatic heterocycles. The van der Waals surface area contributed by atoms with Crippen LogP contribution in [-0.4, -0.2) is 23.8 Å². The SMILES string of the molecule is CC(C)(C)OCCOc1cc(C(F)(F)F)cc(NN)n1. The van der Waals surface area contributed by atoms with E-state index in [1.165, 1.54) is 0 Å². The summed E-state index contributed by atoms with van der Waals surface area (Å²) in [6.45, 7) is 5.94. The standard InChI is InChI=1S/C12H18F3N3O2/c1-11(2,3)20-5-4-19-10-7-8(12(13,14)15)6-9(17-10)18-16/h6-7H,4-5,16H2,1-3H3,(H,17,18). The van der Waals surface area contributed by atoms with Gasteiger partial charge in [-0.25, -0.2) is 5.84 Å². The molecule has 20 heavy (non-hydrogen) atoms. The van der Waals surface area contributed by atoms with E-state index in [0.29, 0.717) is 0 Å². The summed E-state index contributed by atoms with van der Waals surface area (Å²) in [5.41, 5.74) is 0.851. The van der Waals surface area contributed by atoms with E-state index in [2.05, 4.69) is 10.4 Å². The number of nitrogens with one attached hydrogen (secondary N) is 1. The summed E-state index contributed by atoms with van der Waals surface area (Å²) in [5, 5.41) is 0. The van der Waals surface area contributed by atoms with Crippen molar-refractivity contribution in [1.82, 2.24) is 4.98 Å². The van der Waals surface area contributed by atoms with Crippen molar-refractivity contribution in [2.45, 2.75) is 32.5 Å². The summed E-state index contributed by atoms with van der Waals surface area (Å²) in [5.74, 6) is 4.80. The molecule has 0 aliphatic rings. The van der Waals surface area contributed by atoms with Gasteiger partial charge < -0.3 is 14.9 Å². The summed E-state index contributed by atoms with van der Waals surface area (Å²) in [6, 6.07) is 1.62. The molecule has 0 spiro atoms. The number of aromatic nitrogens is 1. The van der Waals surface area contributed by atoms with Crippen LogP contribution in [-0.2, 0) is 10.9 Å². The number of nitrogen functional groups attached to an aromatic ring is 1. The molecule has 8 heteroatoms. The minimum absolute atomic E-state index is 0.0928. The van der Waals surface area contributed by atoms with E-state index in [-0.39, 0.29) is 30.5 Å². The quantitative estimate of drug-likeness (QED) is 0.496. The molecule has 0 bridgehead atoms. The van der Waals surface area contributed by atoms with Gasteiger partial charge in [0.15, 0.2) is 0 Å². The van der Waals surface area contributed by atoms with E-state index in [1.54, 1.807) is 0 Å². The number of nitrogens with zero attached hydrogens (tertiary/aromatic N) is 1. The predicted octanol–water partition coefficient (Wildman–Crippen LogP) is 2.58. The number of hydrogen-bond donors (Lipinski definition) is 2. The minimum atomic E-state index is -4.49. The smallest absolute Gasteiger partial charge is 0.416 e. The number of pyridine rings is 1. The van der Waals surface area contributed by atoms with Crippen molar-refractivity contribution in [3.63, 3.8) is 0 Å². The second-order valence-corrected chi connectivity index (χ2v) is 5.03. The molecule has 0 fully saturated rings. The predicted molar refractivity (Wildman–Crippen MR) is 68.2 cm³/mol. The normalized spacial score (nSPS) is 12.3. The Labute approximate surface area is 115 Å². The largest absolute Gasteiger partial charge is 0.475 e. The Morgan fingerprint density at radius 1 is 1.20 bits per heavy atom. The maximum absolute atomic E-state index is 12.7. The summed E-state index contributed by atoms with van der Waals surface area (Å²) in [7, 11) is 0. The second kappa shape index (κ2) is 6.27. The zero-order valence-corrected chi connectivity index (χ0v) is 11.5. The Morgan fingerprint density at radius 3 is 2.35 bits per heavy atom. The summed E-state index contributed by atoms with van der Waals surface area (Å²) in [6.07, 6.45) is -4.49. The third kappa shape index (κ3) is 5.62. The van der Waals surface area contributed by atoms with Crippen LogP contribution in [0.4, 0.5) is 19.0 Å². The number of hydrazine groups is 1. The number of anilines is 1. The molecule has 1 aromatic rings. The number of halogens is 3. The lowest BCUT2D eigenvalue weighted by molar-refractivity contribution is -0.137. The van der Waals surface area contributed by atoms with Crippen LogP contribution in [0.1, 0.15) is 26.3 Å². The highest BCUT2D eigenvalue weighted by atomic mass is 19.4. The van der Waals surface area contributed by atoms with Gasteiger partial charge in [0, 0.05) is 6.07 Å². The van der Waals surface area contributed by atoms with Gasteiger partial charge in [-0.2, -0.15) is 18.2 Å². The van der Waals surface area contributed by atoms with E-state index >= 15 is 0 Å². The van der Waals surface area contributed by atoms with E-state index in [0.717, 1.165) is 12.1 Å². The number of alkyl halides is 3. The molecule has 5 nitrogen and oxygen atoms in total. The van der Waals surface area contributed by atoms with Crippen LogP contribution in [0.25, 0.3) is 0 Å². The number of hydrogen-bond acceptors (Lipinski definition) is 5. The molecule has 0 aliphatic carbocycles. The molecule has 0 amide bonds. The minimum Gasteiger partial charge on any atom is -0.475 e. The Morgan fingerprint density at radius 2 is 1.85 bits per heavy atom. The fourth-order valence-electron chi connectivity index (χ4n) is 1.31. The van der Waals surface area contributed by atoms with Crippen LogP contribution in [0.2, 0.25) is 0 Å². The third-order valence-corrected chi connectivity index (χ3v) is 2.15. The van der Waals surface area contributed by atoms with Crippen LogP contribution in [0.15, 0.2) is 12.1 Å². The van der Waals surface area contributed by atoms with Crippen molar-refractivity contribution >= 4 is 5.82 Å².